The van der Waals surface area contributed by atoms with Crippen molar-refractivity contribution in [3.63, 3.8) is 0 Å². The Labute approximate surface area is 107 Å². The van der Waals surface area contributed by atoms with Crippen molar-refractivity contribution in [3.05, 3.63) is 53.6 Å². The molecule has 2 rings (SSSR count). The van der Waals surface area contributed by atoms with Gasteiger partial charge in [-0.2, -0.15) is 0 Å². The lowest BCUT2D eigenvalue weighted by molar-refractivity contribution is 0.102. The van der Waals surface area contributed by atoms with E-state index in [0.29, 0.717) is 0 Å². The van der Waals surface area contributed by atoms with E-state index in [0.717, 1.165) is 18.2 Å². The first-order valence-corrected chi connectivity index (χ1v) is 5.33. The molecule has 0 fully saturated rings. The summed E-state index contributed by atoms with van der Waals surface area (Å²) in [5.41, 5.74) is 5.16. The van der Waals surface area contributed by atoms with Crippen LogP contribution in [0.15, 0.2) is 36.4 Å². The fourth-order valence-corrected chi connectivity index (χ4v) is 1.57. The second kappa shape index (κ2) is 4.93. The second-order valence-corrected chi connectivity index (χ2v) is 3.82. The number of phenolic OH excluding ortho intramolecular Hbond substituents is 1. The summed E-state index contributed by atoms with van der Waals surface area (Å²) in [5.74, 6) is -2.77. The molecule has 0 bridgehead atoms. The van der Waals surface area contributed by atoms with Gasteiger partial charge < -0.3 is 16.2 Å². The van der Waals surface area contributed by atoms with E-state index < -0.39 is 28.9 Å². The van der Waals surface area contributed by atoms with Crippen molar-refractivity contribution < 1.29 is 18.7 Å². The monoisotopic (exact) mass is 264 g/mol. The van der Waals surface area contributed by atoms with Crippen LogP contribution in [0.3, 0.4) is 0 Å². The smallest absolute Gasteiger partial charge is 0.262 e. The zero-order chi connectivity index (χ0) is 14.0. The first-order chi connectivity index (χ1) is 8.99. The van der Waals surface area contributed by atoms with Gasteiger partial charge in [0.05, 0.1) is 11.4 Å². The molecule has 0 aliphatic rings. The molecule has 4 N–H and O–H groups in total. The largest absolute Gasteiger partial charge is 0.507 e. The molecule has 2 aromatic rings. The molecule has 4 nitrogen and oxygen atoms in total. The van der Waals surface area contributed by atoms with Crippen LogP contribution in [0, 0.1) is 11.6 Å². The molecule has 0 aromatic heterocycles. The van der Waals surface area contributed by atoms with Gasteiger partial charge in [-0.25, -0.2) is 8.78 Å². The molecule has 0 spiro atoms. The summed E-state index contributed by atoms with van der Waals surface area (Å²) in [6.45, 7) is 0. The fraction of sp³-hybridized carbons (Fsp3) is 0. The molecule has 0 saturated carbocycles. The summed E-state index contributed by atoms with van der Waals surface area (Å²) >= 11 is 0. The van der Waals surface area contributed by atoms with Crippen molar-refractivity contribution in [2.45, 2.75) is 0 Å². The van der Waals surface area contributed by atoms with Crippen LogP contribution in [0.25, 0.3) is 0 Å². The van der Waals surface area contributed by atoms with E-state index in [9.17, 15) is 18.7 Å². The molecule has 6 heteroatoms. The number of benzene rings is 2. The first-order valence-electron chi connectivity index (χ1n) is 5.33. The summed E-state index contributed by atoms with van der Waals surface area (Å²) in [4.78, 5) is 11.8. The van der Waals surface area contributed by atoms with E-state index in [1.165, 1.54) is 18.2 Å². The van der Waals surface area contributed by atoms with Gasteiger partial charge >= 0.3 is 0 Å². The van der Waals surface area contributed by atoms with Crippen LogP contribution < -0.4 is 11.1 Å². The van der Waals surface area contributed by atoms with Gasteiger partial charge in [-0.15, -0.1) is 0 Å². The summed E-state index contributed by atoms with van der Waals surface area (Å²) in [6.07, 6.45) is 0. The molecular formula is C13H10F2N2O2. The summed E-state index contributed by atoms with van der Waals surface area (Å²) in [7, 11) is 0. The summed E-state index contributed by atoms with van der Waals surface area (Å²) in [5, 5.41) is 11.8. The quantitative estimate of drug-likeness (QED) is 0.729. The minimum Gasteiger partial charge on any atom is -0.507 e. The van der Waals surface area contributed by atoms with E-state index in [2.05, 4.69) is 5.32 Å². The van der Waals surface area contributed by atoms with Crippen LogP contribution in [-0.2, 0) is 0 Å². The van der Waals surface area contributed by atoms with Gasteiger partial charge in [-0.1, -0.05) is 6.07 Å². The van der Waals surface area contributed by atoms with Crippen molar-refractivity contribution in [2.24, 2.45) is 0 Å². The van der Waals surface area contributed by atoms with E-state index in [1.54, 1.807) is 0 Å². The molecule has 0 aliphatic heterocycles. The van der Waals surface area contributed by atoms with E-state index in [-0.39, 0.29) is 11.4 Å². The molecular weight excluding hydrogens is 254 g/mol. The zero-order valence-corrected chi connectivity index (χ0v) is 9.65. The minimum absolute atomic E-state index is 0.00387. The van der Waals surface area contributed by atoms with Crippen LogP contribution in [-0.4, -0.2) is 11.0 Å². The Kier molecular flexibility index (Phi) is 3.33. The van der Waals surface area contributed by atoms with E-state index in [1.807, 2.05) is 0 Å². The number of carbonyl (C=O) groups excluding carboxylic acids is 1. The number of phenols is 1. The maximum absolute atomic E-state index is 13.5. The van der Waals surface area contributed by atoms with Gasteiger partial charge in [0.2, 0.25) is 0 Å². The average molecular weight is 264 g/mol. The molecule has 0 radical (unpaired) electrons. The predicted octanol–water partition coefficient (Wildman–Crippen LogP) is 2.50. The van der Waals surface area contributed by atoms with Crippen molar-refractivity contribution >= 4 is 17.3 Å². The molecule has 1 amide bonds. The number of nitrogens with two attached hydrogens (primary N) is 1. The fourth-order valence-electron chi connectivity index (χ4n) is 1.57. The topological polar surface area (TPSA) is 75.3 Å². The number of nitrogens with one attached hydrogen (secondary N) is 1. The Hall–Kier alpha value is -2.63. The number of amides is 1. The molecule has 0 heterocycles. The van der Waals surface area contributed by atoms with Crippen LogP contribution in [0.4, 0.5) is 20.2 Å². The molecule has 0 atom stereocenters. The third-order valence-electron chi connectivity index (χ3n) is 2.48. The SMILES string of the molecule is Nc1cc(F)ccc1NC(=O)c1c(O)cccc1F. The molecule has 2 aromatic carbocycles. The van der Waals surface area contributed by atoms with Gasteiger partial charge in [-0.3, -0.25) is 4.79 Å². The number of rotatable bonds is 2. The predicted molar refractivity (Wildman–Crippen MR) is 66.8 cm³/mol. The van der Waals surface area contributed by atoms with Gasteiger partial charge in [0.1, 0.15) is 22.9 Å². The second-order valence-electron chi connectivity index (χ2n) is 3.82. The Balaban J connectivity index is 2.31. The standard InChI is InChI=1S/C13H10F2N2O2/c14-7-4-5-10(9(16)6-7)17-13(19)12-8(15)2-1-3-11(12)18/h1-6,18H,16H2,(H,17,19). The highest BCUT2D eigenvalue weighted by Crippen LogP contribution is 2.24. The molecule has 19 heavy (non-hydrogen) atoms. The highest BCUT2D eigenvalue weighted by molar-refractivity contribution is 6.07. The molecule has 0 saturated heterocycles. The first kappa shape index (κ1) is 12.8. The zero-order valence-electron chi connectivity index (χ0n) is 9.65. The van der Waals surface area contributed by atoms with Crippen LogP contribution in [0.5, 0.6) is 5.75 Å². The number of halogens is 2. The number of hydrogen-bond acceptors (Lipinski definition) is 3. The van der Waals surface area contributed by atoms with Crippen molar-refractivity contribution in [3.8, 4) is 5.75 Å². The summed E-state index contributed by atoms with van der Waals surface area (Å²) in [6, 6.07) is 6.88. The highest BCUT2D eigenvalue weighted by Gasteiger charge is 2.17. The van der Waals surface area contributed by atoms with Crippen molar-refractivity contribution in [2.75, 3.05) is 11.1 Å². The number of carbonyl (C=O) groups is 1. The van der Waals surface area contributed by atoms with Crippen molar-refractivity contribution in [1.29, 1.82) is 0 Å². The molecule has 0 aliphatic carbocycles. The summed E-state index contributed by atoms with van der Waals surface area (Å²) < 4.78 is 26.3. The van der Waals surface area contributed by atoms with Crippen LogP contribution >= 0.6 is 0 Å². The molecule has 98 valence electrons. The lowest BCUT2D eigenvalue weighted by Crippen LogP contribution is -2.15. The highest BCUT2D eigenvalue weighted by atomic mass is 19.1. The molecule has 0 unspecified atom stereocenters. The van der Waals surface area contributed by atoms with Gasteiger partial charge in [0.25, 0.3) is 5.91 Å². The van der Waals surface area contributed by atoms with Crippen molar-refractivity contribution in [1.82, 2.24) is 0 Å². The Morgan fingerprint density at radius 3 is 2.58 bits per heavy atom. The maximum atomic E-state index is 13.5. The normalized spacial score (nSPS) is 10.2. The average Bonchev–Trinajstić information content (AvgIpc) is 2.32. The third kappa shape index (κ3) is 2.62. The Bertz CT molecular complexity index is 624. The third-order valence-corrected chi connectivity index (χ3v) is 2.48. The van der Waals surface area contributed by atoms with Gasteiger partial charge in [0, 0.05) is 0 Å². The number of anilines is 2. The maximum Gasteiger partial charge on any atom is 0.262 e. The lowest BCUT2D eigenvalue weighted by Gasteiger charge is -2.09. The van der Waals surface area contributed by atoms with Crippen LogP contribution in [0.1, 0.15) is 10.4 Å². The number of aromatic hydroxyl groups is 1. The lowest BCUT2D eigenvalue weighted by atomic mass is 10.1. The van der Waals surface area contributed by atoms with Gasteiger partial charge in [-0.05, 0) is 30.3 Å². The minimum atomic E-state index is -0.867. The Morgan fingerprint density at radius 2 is 1.95 bits per heavy atom. The van der Waals surface area contributed by atoms with E-state index >= 15 is 0 Å². The van der Waals surface area contributed by atoms with Gasteiger partial charge in [0.15, 0.2) is 0 Å². The number of nitrogen functional groups attached to an aromatic ring is 1. The Morgan fingerprint density at radius 1 is 1.21 bits per heavy atom. The van der Waals surface area contributed by atoms with Crippen LogP contribution in [0.2, 0.25) is 0 Å². The number of hydrogen-bond donors (Lipinski definition) is 3. The van der Waals surface area contributed by atoms with E-state index in [4.69, 9.17) is 5.73 Å².